The lowest BCUT2D eigenvalue weighted by atomic mass is 10.0. The van der Waals surface area contributed by atoms with E-state index in [9.17, 15) is 4.79 Å². The number of quaternary nitrogens is 1. The molecule has 1 saturated heterocycles. The fourth-order valence-electron chi connectivity index (χ4n) is 3.97. The van der Waals surface area contributed by atoms with Gasteiger partial charge in [0, 0.05) is 46.6 Å². The molecule has 2 aromatic rings. The topological polar surface area (TPSA) is 38.3 Å². The number of benzene rings is 2. The normalized spacial score (nSPS) is 17.6. The quantitative estimate of drug-likeness (QED) is 0.477. The van der Waals surface area contributed by atoms with Crippen LogP contribution in [0, 0.1) is 6.92 Å². The minimum atomic E-state index is 0.346. The van der Waals surface area contributed by atoms with Crippen molar-refractivity contribution in [3.63, 3.8) is 0 Å². The number of ether oxygens (including phenoxy) is 1. The van der Waals surface area contributed by atoms with Crippen molar-refractivity contribution in [2.24, 2.45) is 0 Å². The Morgan fingerprint density at radius 3 is 2.61 bits per heavy atom. The van der Waals surface area contributed by atoms with Crippen LogP contribution in [-0.2, 0) is 11.3 Å². The van der Waals surface area contributed by atoms with Crippen molar-refractivity contribution in [3.8, 4) is 5.75 Å². The minimum absolute atomic E-state index is 0.346. The Labute approximate surface area is 195 Å². The van der Waals surface area contributed by atoms with Crippen LogP contribution in [0.5, 0.6) is 5.75 Å². The predicted octanol–water partition coefficient (Wildman–Crippen LogP) is 5.43. The maximum absolute atomic E-state index is 10.6. The third kappa shape index (κ3) is 6.28. The number of aryl methyl sites for hydroxylation is 1. The third-order valence-corrected chi connectivity index (χ3v) is 7.23. The number of nitrogens with one attached hydrogen (secondary N) is 1. The van der Waals surface area contributed by atoms with Gasteiger partial charge in [-0.2, -0.15) is 11.8 Å². The van der Waals surface area contributed by atoms with E-state index in [-0.39, 0.29) is 0 Å². The first-order valence-corrected chi connectivity index (χ1v) is 12.1. The van der Waals surface area contributed by atoms with E-state index < -0.39 is 0 Å². The first-order valence-electron chi connectivity index (χ1n) is 10.6. The lowest BCUT2D eigenvalue weighted by Crippen LogP contribution is -2.48. The molecule has 1 N–H and O–H groups in total. The van der Waals surface area contributed by atoms with E-state index in [2.05, 4.69) is 55.4 Å². The van der Waals surface area contributed by atoms with Gasteiger partial charge < -0.3 is 14.5 Å². The molecule has 0 saturated carbocycles. The smallest absolute Gasteiger partial charge is 0.149 e. The van der Waals surface area contributed by atoms with Crippen LogP contribution < -0.4 is 10.1 Å². The van der Waals surface area contributed by atoms with Gasteiger partial charge in [-0.05, 0) is 48.6 Å². The molecule has 6 heteroatoms. The molecular formula is C25H32ClN2O2S+. The van der Waals surface area contributed by atoms with Gasteiger partial charge in [-0.15, -0.1) is 0 Å². The molecule has 1 unspecified atom stereocenters. The number of rotatable bonds is 5. The van der Waals surface area contributed by atoms with Gasteiger partial charge in [0.2, 0.25) is 0 Å². The molecule has 0 aliphatic carbocycles. The summed E-state index contributed by atoms with van der Waals surface area (Å²) in [4.78, 5) is 10.6. The SMILES string of the molecule is CNc1ccc(C[N+](C)(C)C2CCSC2)cc1.Cc1cc(Cl)cc2c1OCC(C=O)=C2. The highest BCUT2D eigenvalue weighted by Gasteiger charge is 2.31. The number of hydrogen-bond acceptors (Lipinski definition) is 4. The van der Waals surface area contributed by atoms with E-state index in [4.69, 9.17) is 16.3 Å². The second-order valence-electron chi connectivity index (χ2n) is 8.67. The highest BCUT2D eigenvalue weighted by atomic mass is 35.5. The molecule has 31 heavy (non-hydrogen) atoms. The van der Waals surface area contributed by atoms with Gasteiger partial charge in [-0.1, -0.05) is 23.7 Å². The van der Waals surface area contributed by atoms with E-state index in [0.717, 1.165) is 40.2 Å². The molecule has 4 nitrogen and oxygen atoms in total. The zero-order valence-electron chi connectivity index (χ0n) is 18.8. The van der Waals surface area contributed by atoms with Crippen LogP contribution in [0.25, 0.3) is 6.08 Å². The number of fused-ring (bicyclic) bond motifs is 1. The number of thioether (sulfide) groups is 1. The van der Waals surface area contributed by atoms with Gasteiger partial charge in [0.25, 0.3) is 0 Å². The van der Waals surface area contributed by atoms with E-state index >= 15 is 0 Å². The summed E-state index contributed by atoms with van der Waals surface area (Å²) in [5, 5.41) is 3.82. The lowest BCUT2D eigenvalue weighted by Gasteiger charge is -2.35. The molecule has 1 fully saturated rings. The molecule has 0 aromatic heterocycles. The zero-order valence-corrected chi connectivity index (χ0v) is 20.4. The molecule has 0 radical (unpaired) electrons. The van der Waals surface area contributed by atoms with Gasteiger partial charge in [-0.25, -0.2) is 0 Å². The Bertz CT molecular complexity index is 935. The van der Waals surface area contributed by atoms with Crippen LogP contribution in [0.1, 0.15) is 23.1 Å². The van der Waals surface area contributed by atoms with Gasteiger partial charge in [-0.3, -0.25) is 4.79 Å². The molecule has 0 bridgehead atoms. The second kappa shape index (κ2) is 10.6. The number of carbonyl (C=O) groups is 1. The van der Waals surface area contributed by atoms with E-state index in [1.54, 1.807) is 6.07 Å². The fourth-order valence-corrected chi connectivity index (χ4v) is 5.70. The van der Waals surface area contributed by atoms with Crippen molar-refractivity contribution >= 4 is 41.4 Å². The number of halogens is 1. The highest BCUT2D eigenvalue weighted by Crippen LogP contribution is 2.32. The zero-order chi connectivity index (χ0) is 22.4. The van der Waals surface area contributed by atoms with E-state index in [1.165, 1.54) is 29.2 Å². The molecule has 2 aliphatic rings. The Hall–Kier alpha value is -1.95. The molecule has 0 spiro atoms. The summed E-state index contributed by atoms with van der Waals surface area (Å²) in [7, 11) is 6.69. The van der Waals surface area contributed by atoms with Crippen molar-refractivity contribution in [3.05, 3.63) is 63.7 Å². The molecule has 4 rings (SSSR count). The lowest BCUT2D eigenvalue weighted by molar-refractivity contribution is -0.924. The van der Waals surface area contributed by atoms with E-state index in [0.29, 0.717) is 17.2 Å². The molecule has 2 aromatic carbocycles. The second-order valence-corrected chi connectivity index (χ2v) is 10.3. The minimum Gasteiger partial charge on any atom is -0.488 e. The summed E-state index contributed by atoms with van der Waals surface area (Å²) in [5.74, 6) is 3.48. The number of anilines is 1. The summed E-state index contributed by atoms with van der Waals surface area (Å²) in [5.41, 5.74) is 5.14. The summed E-state index contributed by atoms with van der Waals surface area (Å²) in [6, 6.07) is 13.3. The first-order chi connectivity index (χ1) is 14.8. The Morgan fingerprint density at radius 2 is 2.00 bits per heavy atom. The largest absolute Gasteiger partial charge is 0.488 e. The van der Waals surface area contributed by atoms with Gasteiger partial charge in [0.15, 0.2) is 0 Å². The van der Waals surface area contributed by atoms with Crippen molar-refractivity contribution in [2.75, 3.05) is 44.6 Å². The van der Waals surface area contributed by atoms with Crippen LogP contribution in [0.4, 0.5) is 5.69 Å². The summed E-state index contributed by atoms with van der Waals surface area (Å²) in [6.07, 6.45) is 3.98. The molecule has 1 atom stereocenters. The number of hydrogen-bond donors (Lipinski definition) is 1. The van der Waals surface area contributed by atoms with Crippen LogP contribution >= 0.6 is 23.4 Å². The summed E-state index contributed by atoms with van der Waals surface area (Å²) in [6.45, 7) is 3.42. The predicted molar refractivity (Wildman–Crippen MR) is 133 cm³/mol. The van der Waals surface area contributed by atoms with Gasteiger partial charge >= 0.3 is 0 Å². The van der Waals surface area contributed by atoms with Crippen molar-refractivity contribution in [2.45, 2.75) is 25.9 Å². The standard InChI is InChI=1S/C14H23N2S.C11H9ClO2/c1-15-13-6-4-12(5-7-13)10-16(2,3)14-8-9-17-11-14;1-7-2-10(12)4-9-3-8(5-13)6-14-11(7)9/h4-7,14-15H,8-11H2,1-3H3;2-5H,6H2,1H3/q+1;. The molecule has 2 aliphatic heterocycles. The van der Waals surface area contributed by atoms with Crippen LogP contribution in [-0.4, -0.2) is 56.1 Å². The van der Waals surface area contributed by atoms with Crippen molar-refractivity contribution < 1.29 is 14.0 Å². The number of nitrogens with zero attached hydrogens (tertiary/aromatic N) is 1. The van der Waals surface area contributed by atoms with Gasteiger partial charge in [0.1, 0.15) is 25.2 Å². The van der Waals surface area contributed by atoms with Gasteiger partial charge in [0.05, 0.1) is 20.1 Å². The molecule has 2 heterocycles. The summed E-state index contributed by atoms with van der Waals surface area (Å²) >= 11 is 8.00. The Kier molecular flexibility index (Phi) is 8.09. The van der Waals surface area contributed by atoms with Crippen molar-refractivity contribution in [1.29, 1.82) is 0 Å². The fraction of sp³-hybridized carbons (Fsp3) is 0.400. The maximum Gasteiger partial charge on any atom is 0.149 e. The maximum atomic E-state index is 10.6. The summed E-state index contributed by atoms with van der Waals surface area (Å²) < 4.78 is 6.57. The van der Waals surface area contributed by atoms with Crippen LogP contribution in [0.2, 0.25) is 5.02 Å². The molecule has 0 amide bonds. The third-order valence-electron chi connectivity index (χ3n) is 5.87. The monoisotopic (exact) mass is 459 g/mol. The van der Waals surface area contributed by atoms with Crippen LogP contribution in [0.15, 0.2) is 42.0 Å². The van der Waals surface area contributed by atoms with Crippen LogP contribution in [0.3, 0.4) is 0 Å². The Balaban J connectivity index is 0.000000179. The number of aldehydes is 1. The first kappa shape index (κ1) is 23.7. The Morgan fingerprint density at radius 1 is 1.26 bits per heavy atom. The number of carbonyl (C=O) groups excluding carboxylic acids is 1. The van der Waals surface area contributed by atoms with Crippen molar-refractivity contribution in [1.82, 2.24) is 0 Å². The molecule has 166 valence electrons. The molecular weight excluding hydrogens is 428 g/mol. The van der Waals surface area contributed by atoms with E-state index in [1.807, 2.05) is 26.1 Å². The average Bonchev–Trinajstić information content (AvgIpc) is 3.30. The average molecular weight is 460 g/mol. The highest BCUT2D eigenvalue weighted by molar-refractivity contribution is 7.99.